The molecule has 0 N–H and O–H groups in total. The van der Waals surface area contributed by atoms with Gasteiger partial charge in [-0.2, -0.15) is 5.10 Å². The maximum atomic E-state index is 13.4. The molecule has 0 aliphatic carbocycles. The Bertz CT molecular complexity index is 1100. The second-order valence-corrected chi connectivity index (χ2v) is 7.59. The number of rotatable bonds is 5. The summed E-state index contributed by atoms with van der Waals surface area (Å²) in [6.07, 6.45) is 0. The van der Waals surface area contributed by atoms with Crippen LogP contribution in [0.5, 0.6) is 11.5 Å². The number of aromatic nitrogens is 2. The van der Waals surface area contributed by atoms with Crippen molar-refractivity contribution in [3.05, 3.63) is 59.3 Å². The minimum atomic E-state index is -0.0606. The zero-order chi connectivity index (χ0) is 22.0. The SMILES string of the molecule is COc1ccc(-c2cc(C(=O)N3CCOCC3)n(-c3ccc(C)cc3C)n2)c(OC)c1. The van der Waals surface area contributed by atoms with Crippen molar-refractivity contribution in [3.8, 4) is 28.4 Å². The predicted molar refractivity (Wildman–Crippen MR) is 118 cm³/mol. The Hall–Kier alpha value is -3.32. The van der Waals surface area contributed by atoms with Gasteiger partial charge in [-0.1, -0.05) is 17.7 Å². The lowest BCUT2D eigenvalue weighted by Crippen LogP contribution is -2.41. The summed E-state index contributed by atoms with van der Waals surface area (Å²) in [4.78, 5) is 15.2. The molecular formula is C24H27N3O4. The third-order valence-corrected chi connectivity index (χ3v) is 5.49. The first-order chi connectivity index (χ1) is 15.0. The molecule has 7 heteroatoms. The van der Waals surface area contributed by atoms with Crippen molar-refractivity contribution in [2.24, 2.45) is 0 Å². The first-order valence-electron chi connectivity index (χ1n) is 10.3. The van der Waals surface area contributed by atoms with E-state index >= 15 is 0 Å². The number of aryl methyl sites for hydroxylation is 2. The lowest BCUT2D eigenvalue weighted by Gasteiger charge is -2.27. The third-order valence-electron chi connectivity index (χ3n) is 5.49. The van der Waals surface area contributed by atoms with E-state index in [0.717, 1.165) is 22.4 Å². The Morgan fingerprint density at radius 2 is 1.77 bits per heavy atom. The van der Waals surface area contributed by atoms with Crippen LogP contribution in [0.4, 0.5) is 0 Å². The van der Waals surface area contributed by atoms with E-state index in [9.17, 15) is 4.79 Å². The molecule has 7 nitrogen and oxygen atoms in total. The van der Waals surface area contributed by atoms with Gasteiger partial charge in [-0.25, -0.2) is 4.68 Å². The average Bonchev–Trinajstić information content (AvgIpc) is 3.23. The topological polar surface area (TPSA) is 65.8 Å². The van der Waals surface area contributed by atoms with Crippen molar-refractivity contribution in [1.82, 2.24) is 14.7 Å². The van der Waals surface area contributed by atoms with Gasteiger partial charge in [-0.15, -0.1) is 0 Å². The predicted octanol–water partition coefficient (Wildman–Crippen LogP) is 3.65. The summed E-state index contributed by atoms with van der Waals surface area (Å²) in [5, 5.41) is 4.84. The van der Waals surface area contributed by atoms with Gasteiger partial charge in [0, 0.05) is 24.7 Å². The van der Waals surface area contributed by atoms with Gasteiger partial charge in [0.05, 0.1) is 38.8 Å². The second kappa shape index (κ2) is 8.81. The summed E-state index contributed by atoms with van der Waals surface area (Å²) in [5.41, 5.74) is 5.06. The standard InChI is InChI=1S/C24H27N3O4/c1-16-5-8-21(17(2)13-16)27-22(24(28)26-9-11-31-12-10-26)15-20(25-27)19-7-6-18(29-3)14-23(19)30-4/h5-8,13-15H,9-12H2,1-4H3. The highest BCUT2D eigenvalue weighted by molar-refractivity contribution is 5.94. The number of carbonyl (C=O) groups is 1. The van der Waals surface area contributed by atoms with E-state index in [1.165, 1.54) is 0 Å². The van der Waals surface area contributed by atoms with E-state index in [1.54, 1.807) is 18.9 Å². The van der Waals surface area contributed by atoms with Crippen molar-refractivity contribution >= 4 is 5.91 Å². The van der Waals surface area contributed by atoms with Gasteiger partial charge >= 0.3 is 0 Å². The summed E-state index contributed by atoms with van der Waals surface area (Å²) < 4.78 is 18.0. The Morgan fingerprint density at radius 3 is 2.45 bits per heavy atom. The van der Waals surface area contributed by atoms with Crippen LogP contribution in [0, 0.1) is 13.8 Å². The highest BCUT2D eigenvalue weighted by Gasteiger charge is 2.25. The van der Waals surface area contributed by atoms with Crippen molar-refractivity contribution in [2.75, 3.05) is 40.5 Å². The summed E-state index contributed by atoms with van der Waals surface area (Å²) >= 11 is 0. The van der Waals surface area contributed by atoms with E-state index in [0.29, 0.717) is 49.2 Å². The molecule has 1 saturated heterocycles. The number of ether oxygens (including phenoxy) is 3. The molecule has 1 aromatic heterocycles. The molecule has 1 amide bonds. The van der Waals surface area contributed by atoms with Crippen LogP contribution in [0.25, 0.3) is 16.9 Å². The Kier molecular flexibility index (Phi) is 5.95. The number of carbonyl (C=O) groups excluding carboxylic acids is 1. The molecule has 0 bridgehead atoms. The molecule has 1 aliphatic heterocycles. The first-order valence-corrected chi connectivity index (χ1v) is 10.3. The van der Waals surface area contributed by atoms with E-state index in [4.69, 9.17) is 19.3 Å². The number of nitrogens with zero attached hydrogens (tertiary/aromatic N) is 3. The smallest absolute Gasteiger partial charge is 0.272 e. The number of benzene rings is 2. The van der Waals surface area contributed by atoms with E-state index < -0.39 is 0 Å². The van der Waals surface area contributed by atoms with Crippen LogP contribution in [0.15, 0.2) is 42.5 Å². The summed E-state index contributed by atoms with van der Waals surface area (Å²) in [6, 6.07) is 13.5. The van der Waals surface area contributed by atoms with E-state index in [1.807, 2.05) is 55.1 Å². The zero-order valence-electron chi connectivity index (χ0n) is 18.3. The average molecular weight is 421 g/mol. The van der Waals surface area contributed by atoms with E-state index in [-0.39, 0.29) is 5.91 Å². The van der Waals surface area contributed by atoms with Crippen LogP contribution in [-0.4, -0.2) is 61.1 Å². The fourth-order valence-corrected chi connectivity index (χ4v) is 3.83. The number of morpholine rings is 1. The molecule has 2 aromatic carbocycles. The van der Waals surface area contributed by atoms with Crippen LogP contribution >= 0.6 is 0 Å². The molecule has 0 unspecified atom stereocenters. The van der Waals surface area contributed by atoms with Crippen LogP contribution in [0.3, 0.4) is 0 Å². The normalized spacial score (nSPS) is 13.9. The van der Waals surface area contributed by atoms with Crippen molar-refractivity contribution in [2.45, 2.75) is 13.8 Å². The number of hydrogen-bond donors (Lipinski definition) is 0. The molecule has 31 heavy (non-hydrogen) atoms. The second-order valence-electron chi connectivity index (χ2n) is 7.59. The fraction of sp³-hybridized carbons (Fsp3) is 0.333. The summed E-state index contributed by atoms with van der Waals surface area (Å²) in [6.45, 7) is 6.30. The molecule has 2 heterocycles. The van der Waals surface area contributed by atoms with Crippen molar-refractivity contribution in [3.63, 3.8) is 0 Å². The van der Waals surface area contributed by atoms with Gasteiger partial charge in [0.15, 0.2) is 0 Å². The molecule has 1 fully saturated rings. The maximum Gasteiger partial charge on any atom is 0.272 e. The molecule has 0 radical (unpaired) electrons. The monoisotopic (exact) mass is 421 g/mol. The fourth-order valence-electron chi connectivity index (χ4n) is 3.83. The molecular weight excluding hydrogens is 394 g/mol. The van der Waals surface area contributed by atoms with Crippen LogP contribution in [0.2, 0.25) is 0 Å². The summed E-state index contributed by atoms with van der Waals surface area (Å²) in [5.74, 6) is 1.27. The van der Waals surface area contributed by atoms with Crippen molar-refractivity contribution < 1.29 is 19.0 Å². The highest BCUT2D eigenvalue weighted by Crippen LogP contribution is 2.34. The van der Waals surface area contributed by atoms with Gasteiger partial charge in [-0.05, 0) is 43.7 Å². The minimum absolute atomic E-state index is 0.0606. The Labute approximate surface area is 182 Å². The van der Waals surface area contributed by atoms with Crippen LogP contribution in [-0.2, 0) is 4.74 Å². The number of amides is 1. The Balaban J connectivity index is 1.85. The molecule has 162 valence electrons. The molecule has 1 aliphatic rings. The van der Waals surface area contributed by atoms with Gasteiger partial charge in [0.2, 0.25) is 0 Å². The first kappa shape index (κ1) is 20.9. The molecule has 0 atom stereocenters. The molecule has 0 spiro atoms. The largest absolute Gasteiger partial charge is 0.497 e. The van der Waals surface area contributed by atoms with Gasteiger partial charge in [0.1, 0.15) is 17.2 Å². The quantitative estimate of drug-likeness (QED) is 0.629. The van der Waals surface area contributed by atoms with Crippen molar-refractivity contribution in [1.29, 1.82) is 0 Å². The summed E-state index contributed by atoms with van der Waals surface area (Å²) in [7, 11) is 3.22. The lowest BCUT2D eigenvalue weighted by atomic mass is 10.1. The van der Waals surface area contributed by atoms with Crippen LogP contribution < -0.4 is 9.47 Å². The zero-order valence-corrected chi connectivity index (χ0v) is 18.3. The van der Waals surface area contributed by atoms with E-state index in [2.05, 4.69) is 6.07 Å². The Morgan fingerprint density at radius 1 is 1.00 bits per heavy atom. The minimum Gasteiger partial charge on any atom is -0.497 e. The highest BCUT2D eigenvalue weighted by atomic mass is 16.5. The van der Waals surface area contributed by atoms with Gasteiger partial charge < -0.3 is 19.1 Å². The molecule has 0 saturated carbocycles. The third kappa shape index (κ3) is 4.14. The number of methoxy groups -OCH3 is 2. The van der Waals surface area contributed by atoms with Crippen LogP contribution in [0.1, 0.15) is 21.6 Å². The number of hydrogen-bond acceptors (Lipinski definition) is 5. The molecule has 3 aromatic rings. The van der Waals surface area contributed by atoms with Gasteiger partial charge in [0.25, 0.3) is 5.91 Å². The van der Waals surface area contributed by atoms with Gasteiger partial charge in [-0.3, -0.25) is 4.79 Å². The lowest BCUT2D eigenvalue weighted by molar-refractivity contribution is 0.0297. The molecule has 4 rings (SSSR count). The maximum absolute atomic E-state index is 13.4.